The van der Waals surface area contributed by atoms with Crippen molar-refractivity contribution < 1.29 is 22.1 Å². The van der Waals surface area contributed by atoms with Gasteiger partial charge in [0.1, 0.15) is 5.82 Å². The van der Waals surface area contributed by atoms with E-state index >= 15 is 0 Å². The number of hydrogen-bond donors (Lipinski definition) is 0. The van der Waals surface area contributed by atoms with Crippen LogP contribution >= 0.6 is 10.7 Å². The molecule has 94 valence electrons. The Morgan fingerprint density at radius 2 is 1.94 bits per heavy atom. The SMILES string of the molecule is O=[N+]([O-])c1ccc(F)c(CCS(=O)(=O)Cl)c1F. The normalized spacial score (nSPS) is 11.5. The van der Waals surface area contributed by atoms with Gasteiger partial charge in [0.15, 0.2) is 0 Å². The first-order valence-electron chi connectivity index (χ1n) is 4.26. The Morgan fingerprint density at radius 3 is 2.41 bits per heavy atom. The van der Waals surface area contributed by atoms with Gasteiger partial charge in [-0.2, -0.15) is 4.39 Å². The average molecular weight is 286 g/mol. The molecule has 0 spiro atoms. The van der Waals surface area contributed by atoms with E-state index in [0.717, 1.165) is 0 Å². The third kappa shape index (κ3) is 3.60. The number of nitrogens with zero attached hydrogens (tertiary/aromatic N) is 1. The van der Waals surface area contributed by atoms with Gasteiger partial charge in [-0.1, -0.05) is 0 Å². The van der Waals surface area contributed by atoms with Crippen molar-refractivity contribution in [3.8, 4) is 0 Å². The molecule has 0 aliphatic rings. The zero-order valence-corrected chi connectivity index (χ0v) is 9.76. The van der Waals surface area contributed by atoms with Crippen molar-refractivity contribution in [3.05, 3.63) is 39.4 Å². The molecule has 0 unspecified atom stereocenters. The Labute approximate surface area is 99.6 Å². The molecule has 0 fully saturated rings. The molecule has 0 N–H and O–H groups in total. The number of nitro groups is 1. The molecule has 0 saturated heterocycles. The van der Waals surface area contributed by atoms with Gasteiger partial charge in [0.2, 0.25) is 14.9 Å². The van der Waals surface area contributed by atoms with E-state index in [0.29, 0.717) is 12.1 Å². The van der Waals surface area contributed by atoms with Gasteiger partial charge < -0.3 is 0 Å². The predicted molar refractivity (Wildman–Crippen MR) is 56.4 cm³/mol. The van der Waals surface area contributed by atoms with Crippen molar-refractivity contribution in [1.29, 1.82) is 0 Å². The van der Waals surface area contributed by atoms with Gasteiger partial charge in [0.25, 0.3) is 0 Å². The van der Waals surface area contributed by atoms with Crippen molar-refractivity contribution in [2.24, 2.45) is 0 Å². The molecule has 0 aliphatic carbocycles. The summed E-state index contributed by atoms with van der Waals surface area (Å²) in [5.41, 5.74) is -1.57. The first-order chi connectivity index (χ1) is 7.72. The summed E-state index contributed by atoms with van der Waals surface area (Å²) in [5.74, 6) is -3.13. The van der Waals surface area contributed by atoms with Crippen LogP contribution in [0.1, 0.15) is 5.56 Å². The zero-order chi connectivity index (χ0) is 13.2. The topological polar surface area (TPSA) is 77.3 Å². The van der Waals surface area contributed by atoms with Crippen LogP contribution in [-0.2, 0) is 15.5 Å². The number of nitro benzene ring substituents is 1. The molecule has 0 saturated carbocycles. The van der Waals surface area contributed by atoms with Crippen LogP contribution in [0.25, 0.3) is 0 Å². The van der Waals surface area contributed by atoms with E-state index in [1.54, 1.807) is 0 Å². The molecule has 17 heavy (non-hydrogen) atoms. The lowest BCUT2D eigenvalue weighted by Crippen LogP contribution is -2.07. The summed E-state index contributed by atoms with van der Waals surface area (Å²) in [6, 6.07) is 1.38. The smallest absolute Gasteiger partial charge is 0.258 e. The Kier molecular flexibility index (Phi) is 3.99. The van der Waals surface area contributed by atoms with Crippen molar-refractivity contribution in [3.63, 3.8) is 0 Å². The van der Waals surface area contributed by atoms with Crippen LogP contribution < -0.4 is 0 Å². The van der Waals surface area contributed by atoms with Crippen molar-refractivity contribution in [2.75, 3.05) is 5.75 Å². The van der Waals surface area contributed by atoms with Crippen molar-refractivity contribution >= 4 is 25.4 Å². The molecule has 0 bridgehead atoms. The average Bonchev–Trinajstić information content (AvgIpc) is 2.14. The first-order valence-corrected chi connectivity index (χ1v) is 6.74. The molecular weight excluding hydrogens is 280 g/mol. The molecule has 0 aromatic heterocycles. The van der Waals surface area contributed by atoms with Crippen LogP contribution in [0.3, 0.4) is 0 Å². The monoisotopic (exact) mass is 285 g/mol. The van der Waals surface area contributed by atoms with Gasteiger partial charge in [-0.15, -0.1) is 0 Å². The van der Waals surface area contributed by atoms with Crippen LogP contribution in [-0.4, -0.2) is 19.1 Å². The summed E-state index contributed by atoms with van der Waals surface area (Å²) in [4.78, 5) is 9.36. The van der Waals surface area contributed by atoms with Gasteiger partial charge in [-0.05, 0) is 12.5 Å². The minimum Gasteiger partial charge on any atom is -0.258 e. The maximum Gasteiger partial charge on any atom is 0.305 e. The molecule has 9 heteroatoms. The summed E-state index contributed by atoms with van der Waals surface area (Å²) in [5, 5.41) is 10.4. The summed E-state index contributed by atoms with van der Waals surface area (Å²) in [7, 11) is 0.964. The molecule has 0 radical (unpaired) electrons. The van der Waals surface area contributed by atoms with Crippen molar-refractivity contribution in [2.45, 2.75) is 6.42 Å². The maximum absolute atomic E-state index is 13.4. The molecule has 0 atom stereocenters. The lowest BCUT2D eigenvalue weighted by molar-refractivity contribution is -0.387. The van der Waals surface area contributed by atoms with Gasteiger partial charge in [-0.3, -0.25) is 10.1 Å². The van der Waals surface area contributed by atoms with Crippen LogP contribution in [0.4, 0.5) is 14.5 Å². The van der Waals surface area contributed by atoms with Crippen LogP contribution in [0.5, 0.6) is 0 Å². The minimum atomic E-state index is -3.92. The fraction of sp³-hybridized carbons (Fsp3) is 0.250. The van der Waals surface area contributed by atoms with Gasteiger partial charge in [-0.25, -0.2) is 12.8 Å². The van der Waals surface area contributed by atoms with E-state index in [1.807, 2.05) is 0 Å². The van der Waals surface area contributed by atoms with E-state index in [1.165, 1.54) is 0 Å². The summed E-state index contributed by atoms with van der Waals surface area (Å²) < 4.78 is 47.9. The van der Waals surface area contributed by atoms with E-state index < -0.39 is 49.0 Å². The lowest BCUT2D eigenvalue weighted by Gasteiger charge is -2.03. The fourth-order valence-electron chi connectivity index (χ4n) is 1.18. The van der Waals surface area contributed by atoms with Gasteiger partial charge in [0, 0.05) is 22.3 Å². The summed E-state index contributed by atoms with van der Waals surface area (Å²) >= 11 is 0. The van der Waals surface area contributed by atoms with E-state index in [2.05, 4.69) is 0 Å². The molecule has 0 amide bonds. The van der Waals surface area contributed by atoms with Crippen molar-refractivity contribution in [1.82, 2.24) is 0 Å². The van der Waals surface area contributed by atoms with Crippen LogP contribution in [0.2, 0.25) is 0 Å². The molecule has 1 aromatic rings. The third-order valence-corrected chi connectivity index (χ3v) is 3.11. The molecule has 1 rings (SSSR count). The predicted octanol–water partition coefficient (Wildman–Crippen LogP) is 1.98. The molecule has 1 aromatic carbocycles. The van der Waals surface area contributed by atoms with Gasteiger partial charge in [0.05, 0.1) is 10.7 Å². The highest BCUT2D eigenvalue weighted by atomic mass is 35.7. The Bertz CT molecular complexity index is 561. The van der Waals surface area contributed by atoms with Gasteiger partial charge >= 0.3 is 5.69 Å². The fourth-order valence-corrected chi connectivity index (χ4v) is 1.86. The lowest BCUT2D eigenvalue weighted by atomic mass is 10.1. The standard InChI is InChI=1S/C8H6ClF2NO4S/c9-17(15,16)4-3-5-6(10)1-2-7(8(5)11)12(13)14/h1-2H,3-4H2. The number of hydrogen-bond acceptors (Lipinski definition) is 4. The highest BCUT2D eigenvalue weighted by Gasteiger charge is 2.22. The van der Waals surface area contributed by atoms with E-state index in [-0.39, 0.29) is 0 Å². The second kappa shape index (κ2) is 4.92. The number of benzene rings is 1. The third-order valence-electron chi connectivity index (χ3n) is 1.96. The number of rotatable bonds is 4. The summed E-state index contributed by atoms with van der Waals surface area (Å²) in [6.45, 7) is 0. The second-order valence-electron chi connectivity index (χ2n) is 3.11. The van der Waals surface area contributed by atoms with Crippen LogP contribution in [0, 0.1) is 21.7 Å². The summed E-state index contributed by atoms with van der Waals surface area (Å²) in [6.07, 6.45) is -0.564. The van der Waals surface area contributed by atoms with E-state index in [4.69, 9.17) is 10.7 Å². The molecule has 5 nitrogen and oxygen atoms in total. The Hall–Kier alpha value is -1.28. The Balaban J connectivity index is 3.14. The Morgan fingerprint density at radius 1 is 1.35 bits per heavy atom. The quantitative estimate of drug-likeness (QED) is 0.481. The second-order valence-corrected chi connectivity index (χ2v) is 6.01. The minimum absolute atomic E-state index is 0.564. The molecule has 0 aliphatic heterocycles. The van der Waals surface area contributed by atoms with Crippen LogP contribution in [0.15, 0.2) is 12.1 Å². The first kappa shape index (κ1) is 13.8. The maximum atomic E-state index is 13.4. The number of halogens is 3. The molecular formula is C8H6ClF2NO4S. The van der Waals surface area contributed by atoms with E-state index in [9.17, 15) is 27.3 Å². The zero-order valence-electron chi connectivity index (χ0n) is 8.19. The highest BCUT2D eigenvalue weighted by Crippen LogP contribution is 2.23. The highest BCUT2D eigenvalue weighted by molar-refractivity contribution is 8.13. The molecule has 0 heterocycles. The largest absolute Gasteiger partial charge is 0.305 e.